The van der Waals surface area contributed by atoms with Crippen LogP contribution >= 0.6 is 11.3 Å². The summed E-state index contributed by atoms with van der Waals surface area (Å²) in [6.45, 7) is 10.6. The van der Waals surface area contributed by atoms with Crippen molar-refractivity contribution in [2.24, 2.45) is 0 Å². The van der Waals surface area contributed by atoms with Crippen LogP contribution in [0.5, 0.6) is 0 Å². The number of anilines is 1. The Bertz CT molecular complexity index is 564. The number of amides is 3. The average molecular weight is 325 g/mol. The molecular formula is C14H23N5O2S. The molecule has 0 spiro atoms. The van der Waals surface area contributed by atoms with E-state index in [9.17, 15) is 9.59 Å². The molecule has 1 aromatic heterocycles. The molecule has 122 valence electrons. The molecule has 0 aromatic carbocycles. The van der Waals surface area contributed by atoms with Crippen molar-refractivity contribution in [2.75, 3.05) is 11.9 Å². The van der Waals surface area contributed by atoms with E-state index in [0.29, 0.717) is 18.1 Å². The van der Waals surface area contributed by atoms with Crippen LogP contribution in [0.4, 0.5) is 9.93 Å². The fraction of sp³-hybridized carbons (Fsp3) is 0.714. The minimum atomic E-state index is -0.347. The van der Waals surface area contributed by atoms with Crippen LogP contribution in [-0.2, 0) is 10.2 Å². The minimum Gasteiger partial charge on any atom is -0.338 e. The highest BCUT2D eigenvalue weighted by Gasteiger charge is 2.32. The number of aromatic nitrogens is 2. The molecule has 1 aliphatic heterocycles. The molecule has 3 amide bonds. The van der Waals surface area contributed by atoms with Crippen LogP contribution in [0.3, 0.4) is 0 Å². The Labute approximate surface area is 134 Å². The molecule has 0 unspecified atom stereocenters. The lowest BCUT2D eigenvalue weighted by Crippen LogP contribution is -2.40. The minimum absolute atomic E-state index is 0.0752. The lowest BCUT2D eigenvalue weighted by molar-refractivity contribution is -0.129. The molecule has 0 aliphatic carbocycles. The molecule has 0 saturated carbocycles. The molecule has 1 aliphatic rings. The summed E-state index contributed by atoms with van der Waals surface area (Å²) in [5.74, 6) is 0.0752. The topological polar surface area (TPSA) is 87.2 Å². The van der Waals surface area contributed by atoms with Gasteiger partial charge >= 0.3 is 6.03 Å². The molecule has 8 heteroatoms. The SMILES string of the molecule is CC(C)N1C[C@@H](NC(=O)Nc2nnc(C(C)(C)C)s2)CC1=O. The van der Waals surface area contributed by atoms with Crippen LogP contribution in [0.25, 0.3) is 0 Å². The van der Waals surface area contributed by atoms with Crippen molar-refractivity contribution >= 4 is 28.4 Å². The molecular weight excluding hydrogens is 302 g/mol. The van der Waals surface area contributed by atoms with E-state index < -0.39 is 0 Å². The van der Waals surface area contributed by atoms with E-state index in [-0.39, 0.29) is 29.4 Å². The highest BCUT2D eigenvalue weighted by atomic mass is 32.1. The maximum Gasteiger partial charge on any atom is 0.321 e. The van der Waals surface area contributed by atoms with Gasteiger partial charge in [-0.05, 0) is 13.8 Å². The molecule has 0 radical (unpaired) electrons. The molecule has 1 aromatic rings. The van der Waals surface area contributed by atoms with Crippen molar-refractivity contribution in [2.45, 2.75) is 58.5 Å². The number of urea groups is 1. The lowest BCUT2D eigenvalue weighted by Gasteiger charge is -2.21. The Balaban J connectivity index is 1.89. The smallest absolute Gasteiger partial charge is 0.321 e. The summed E-state index contributed by atoms with van der Waals surface area (Å²) in [5, 5.41) is 14.9. The fourth-order valence-corrected chi connectivity index (χ4v) is 3.02. The molecule has 1 saturated heterocycles. The predicted octanol–water partition coefficient (Wildman–Crippen LogP) is 1.97. The van der Waals surface area contributed by atoms with Gasteiger partial charge in [0.2, 0.25) is 11.0 Å². The van der Waals surface area contributed by atoms with Crippen molar-refractivity contribution in [3.63, 3.8) is 0 Å². The van der Waals surface area contributed by atoms with Crippen LogP contribution < -0.4 is 10.6 Å². The lowest BCUT2D eigenvalue weighted by atomic mass is 9.98. The summed E-state index contributed by atoms with van der Waals surface area (Å²) in [5.41, 5.74) is -0.0935. The van der Waals surface area contributed by atoms with E-state index in [0.717, 1.165) is 5.01 Å². The van der Waals surface area contributed by atoms with Gasteiger partial charge in [0, 0.05) is 24.4 Å². The van der Waals surface area contributed by atoms with Crippen molar-refractivity contribution < 1.29 is 9.59 Å². The number of hydrogen-bond acceptors (Lipinski definition) is 5. The molecule has 2 rings (SSSR count). The largest absolute Gasteiger partial charge is 0.338 e. The Hall–Kier alpha value is -1.70. The number of carbonyl (C=O) groups is 2. The number of rotatable bonds is 3. The molecule has 2 N–H and O–H groups in total. The summed E-state index contributed by atoms with van der Waals surface area (Å²) < 4.78 is 0. The molecule has 2 heterocycles. The summed E-state index contributed by atoms with van der Waals surface area (Å²) >= 11 is 1.36. The van der Waals surface area contributed by atoms with Gasteiger partial charge in [-0.2, -0.15) is 0 Å². The molecule has 22 heavy (non-hydrogen) atoms. The van der Waals surface area contributed by atoms with E-state index in [2.05, 4.69) is 20.8 Å². The second kappa shape index (κ2) is 6.20. The van der Waals surface area contributed by atoms with Crippen molar-refractivity contribution in [3.8, 4) is 0 Å². The van der Waals surface area contributed by atoms with Crippen molar-refractivity contribution in [1.82, 2.24) is 20.4 Å². The first-order valence-electron chi connectivity index (χ1n) is 7.38. The third kappa shape index (κ3) is 3.94. The fourth-order valence-electron chi connectivity index (χ4n) is 2.22. The standard InChI is InChI=1S/C14H23N5O2S/c1-8(2)19-7-9(6-10(19)20)15-12(21)16-13-18-17-11(22-13)14(3,4)5/h8-9H,6-7H2,1-5H3,(H2,15,16,18,21)/t9-/m0/s1. The maximum atomic E-state index is 12.0. The quantitative estimate of drug-likeness (QED) is 0.889. The highest BCUT2D eigenvalue weighted by molar-refractivity contribution is 7.15. The van der Waals surface area contributed by atoms with E-state index in [1.54, 1.807) is 4.90 Å². The van der Waals surface area contributed by atoms with Gasteiger partial charge in [-0.15, -0.1) is 10.2 Å². The van der Waals surface area contributed by atoms with Gasteiger partial charge in [0.25, 0.3) is 0 Å². The Morgan fingerprint density at radius 1 is 1.36 bits per heavy atom. The van der Waals surface area contributed by atoms with Crippen LogP contribution in [0.15, 0.2) is 0 Å². The summed E-state index contributed by atoms with van der Waals surface area (Å²) in [7, 11) is 0. The summed E-state index contributed by atoms with van der Waals surface area (Å²) in [4.78, 5) is 25.6. The first-order valence-corrected chi connectivity index (χ1v) is 8.19. The van der Waals surface area contributed by atoms with Gasteiger partial charge in [0.05, 0.1) is 6.04 Å². The average Bonchev–Trinajstić information content (AvgIpc) is 2.95. The first-order chi connectivity index (χ1) is 10.2. The van der Waals surface area contributed by atoms with Gasteiger partial charge < -0.3 is 10.2 Å². The van der Waals surface area contributed by atoms with Gasteiger partial charge in [0.15, 0.2) is 0 Å². The number of hydrogen-bond donors (Lipinski definition) is 2. The molecule has 7 nitrogen and oxygen atoms in total. The third-order valence-corrected chi connectivity index (χ3v) is 4.67. The van der Waals surface area contributed by atoms with Gasteiger partial charge in [-0.25, -0.2) is 4.79 Å². The molecule has 0 bridgehead atoms. The first kappa shape index (κ1) is 16.7. The van der Waals surface area contributed by atoms with E-state index in [4.69, 9.17) is 0 Å². The zero-order chi connectivity index (χ0) is 16.5. The number of likely N-dealkylation sites (tertiary alicyclic amines) is 1. The van der Waals surface area contributed by atoms with E-state index in [1.807, 2.05) is 34.6 Å². The number of nitrogens with zero attached hydrogens (tertiary/aromatic N) is 3. The highest BCUT2D eigenvalue weighted by Crippen LogP contribution is 2.27. The molecule has 1 fully saturated rings. The number of carbonyl (C=O) groups excluding carboxylic acids is 2. The van der Waals surface area contributed by atoms with Gasteiger partial charge in [-0.3, -0.25) is 10.1 Å². The number of nitrogens with one attached hydrogen (secondary N) is 2. The second-order valence-electron chi connectivity index (χ2n) is 6.80. The van der Waals surface area contributed by atoms with Gasteiger partial charge in [0.1, 0.15) is 5.01 Å². The summed E-state index contributed by atoms with van der Waals surface area (Å²) in [6.07, 6.45) is 0.342. The maximum absolute atomic E-state index is 12.0. The van der Waals surface area contributed by atoms with Crippen molar-refractivity contribution in [1.29, 1.82) is 0 Å². The zero-order valence-corrected chi connectivity index (χ0v) is 14.5. The van der Waals surface area contributed by atoms with E-state index in [1.165, 1.54) is 11.3 Å². The van der Waals surface area contributed by atoms with Gasteiger partial charge in [-0.1, -0.05) is 32.1 Å². The predicted molar refractivity (Wildman–Crippen MR) is 86.0 cm³/mol. The van der Waals surface area contributed by atoms with Crippen molar-refractivity contribution in [3.05, 3.63) is 5.01 Å². The van der Waals surface area contributed by atoms with Crippen LogP contribution in [-0.4, -0.2) is 45.7 Å². The van der Waals surface area contributed by atoms with Crippen LogP contribution in [0.2, 0.25) is 0 Å². The monoisotopic (exact) mass is 325 g/mol. The van der Waals surface area contributed by atoms with Crippen LogP contribution in [0, 0.1) is 0 Å². The van der Waals surface area contributed by atoms with E-state index >= 15 is 0 Å². The Kier molecular flexibility index (Phi) is 4.69. The second-order valence-corrected chi connectivity index (χ2v) is 7.78. The zero-order valence-electron chi connectivity index (χ0n) is 13.6. The Morgan fingerprint density at radius 3 is 2.55 bits per heavy atom. The molecule has 1 atom stereocenters. The summed E-state index contributed by atoms with van der Waals surface area (Å²) in [6, 6.07) is -0.357. The normalized spacial score (nSPS) is 18.9. The van der Waals surface area contributed by atoms with Crippen LogP contribution in [0.1, 0.15) is 46.0 Å². The third-order valence-electron chi connectivity index (χ3n) is 3.40. The Morgan fingerprint density at radius 2 is 2.05 bits per heavy atom.